The van der Waals surface area contributed by atoms with Crippen LogP contribution in [0.1, 0.15) is 252 Å². The molecule has 6 heteroatoms. The molecule has 0 amide bonds. The molecule has 0 aliphatic carbocycles. The molecule has 0 N–H and O–H groups in total. The first-order chi connectivity index (χ1) is 31.0. The molecule has 1 unspecified atom stereocenters. The molecule has 362 valence electrons. The second kappa shape index (κ2) is 51.5. The Kier molecular flexibility index (Phi) is 48.9. The molecular formula is C57H98O6. The van der Waals surface area contributed by atoms with E-state index in [9.17, 15) is 14.4 Å². The molecule has 0 fully saturated rings. The van der Waals surface area contributed by atoms with Gasteiger partial charge >= 0.3 is 17.9 Å². The van der Waals surface area contributed by atoms with Crippen molar-refractivity contribution in [1.29, 1.82) is 0 Å². The summed E-state index contributed by atoms with van der Waals surface area (Å²) < 4.78 is 16.7. The normalized spacial score (nSPS) is 12.6. The van der Waals surface area contributed by atoms with Gasteiger partial charge in [0.25, 0.3) is 0 Å². The molecule has 0 aliphatic rings. The van der Waals surface area contributed by atoms with Crippen LogP contribution in [0.25, 0.3) is 0 Å². The number of unbranched alkanes of at least 4 members (excludes halogenated alkanes) is 27. The van der Waals surface area contributed by atoms with Crippen LogP contribution in [-0.2, 0) is 28.6 Å². The predicted octanol–water partition coefficient (Wildman–Crippen LogP) is 17.4. The smallest absolute Gasteiger partial charge is 0.306 e. The van der Waals surface area contributed by atoms with Crippen molar-refractivity contribution in [1.82, 2.24) is 0 Å². The molecule has 0 aromatic heterocycles. The molecular weight excluding hydrogens is 781 g/mol. The van der Waals surface area contributed by atoms with Crippen LogP contribution in [-0.4, -0.2) is 37.2 Å². The molecule has 63 heavy (non-hydrogen) atoms. The third kappa shape index (κ3) is 49.7. The van der Waals surface area contributed by atoms with E-state index in [1.165, 1.54) is 141 Å². The average molecular weight is 879 g/mol. The maximum atomic E-state index is 12.8. The van der Waals surface area contributed by atoms with E-state index in [2.05, 4.69) is 51.2 Å². The van der Waals surface area contributed by atoms with Crippen molar-refractivity contribution in [3.05, 3.63) is 72.9 Å². The highest BCUT2D eigenvalue weighted by Crippen LogP contribution is 2.16. The minimum atomic E-state index is -0.816. The van der Waals surface area contributed by atoms with E-state index < -0.39 is 6.10 Å². The van der Waals surface area contributed by atoms with Gasteiger partial charge in [0.1, 0.15) is 13.2 Å². The van der Waals surface area contributed by atoms with Crippen LogP contribution in [0.4, 0.5) is 0 Å². The fourth-order valence-electron chi connectivity index (χ4n) is 7.33. The zero-order valence-electron chi connectivity index (χ0n) is 41.3. The van der Waals surface area contributed by atoms with Crippen LogP contribution in [0.2, 0.25) is 0 Å². The molecule has 0 aromatic rings. The highest BCUT2D eigenvalue weighted by molar-refractivity contribution is 5.71. The molecule has 0 spiro atoms. The number of hydrogen-bond acceptors (Lipinski definition) is 6. The van der Waals surface area contributed by atoms with E-state index in [1.54, 1.807) is 0 Å². The predicted molar refractivity (Wildman–Crippen MR) is 270 cm³/mol. The quantitative estimate of drug-likeness (QED) is 0.0199. The van der Waals surface area contributed by atoms with Crippen molar-refractivity contribution in [2.24, 2.45) is 0 Å². The molecule has 0 heterocycles. The van der Waals surface area contributed by atoms with Gasteiger partial charge in [0, 0.05) is 19.3 Å². The van der Waals surface area contributed by atoms with Gasteiger partial charge in [0.2, 0.25) is 0 Å². The minimum absolute atomic E-state index is 0.107. The van der Waals surface area contributed by atoms with Crippen LogP contribution in [0.5, 0.6) is 0 Å². The highest BCUT2D eigenvalue weighted by atomic mass is 16.6. The molecule has 0 saturated heterocycles. The van der Waals surface area contributed by atoms with Crippen molar-refractivity contribution in [2.45, 2.75) is 258 Å². The summed E-state index contributed by atoms with van der Waals surface area (Å²) in [6, 6.07) is 0. The summed E-state index contributed by atoms with van der Waals surface area (Å²) in [6.07, 6.45) is 64.8. The van der Waals surface area contributed by atoms with Gasteiger partial charge in [-0.15, -0.1) is 0 Å². The third-order valence-electron chi connectivity index (χ3n) is 11.3. The summed E-state index contributed by atoms with van der Waals surface area (Å²) in [5.41, 5.74) is 0. The standard InChI is InChI=1S/C57H98O6/c1-4-7-10-13-16-19-22-25-26-27-28-29-30-33-35-38-41-44-47-50-56(59)62-53-54(63-57(60)51-48-45-42-39-36-32-24-21-18-15-12-9-6-3)52-61-55(58)49-46-43-40-37-34-31-23-20-17-14-11-8-5-2/h9,12,15,18,21,24,31-32,34,36,40,43,54H,4-8,10-11,13-14,16-17,19-20,22-23,25-30,33,35,37-39,41-42,44-53H2,1-3H3/b12-9-,18-15-,24-21-,34-31-,36-32-,43-40-. The summed E-state index contributed by atoms with van der Waals surface area (Å²) >= 11 is 0. The molecule has 0 bridgehead atoms. The first-order valence-electron chi connectivity index (χ1n) is 26.5. The fourth-order valence-corrected chi connectivity index (χ4v) is 7.33. The number of allylic oxidation sites excluding steroid dienone is 12. The molecule has 0 radical (unpaired) electrons. The number of ether oxygens (including phenoxy) is 3. The van der Waals surface area contributed by atoms with Crippen molar-refractivity contribution >= 4 is 17.9 Å². The Morgan fingerprint density at radius 2 is 0.714 bits per heavy atom. The van der Waals surface area contributed by atoms with Gasteiger partial charge < -0.3 is 14.2 Å². The van der Waals surface area contributed by atoms with Crippen molar-refractivity contribution in [3.8, 4) is 0 Å². The van der Waals surface area contributed by atoms with Gasteiger partial charge in [-0.05, 0) is 57.8 Å². The van der Waals surface area contributed by atoms with Crippen LogP contribution in [0.15, 0.2) is 72.9 Å². The third-order valence-corrected chi connectivity index (χ3v) is 11.3. The Hall–Kier alpha value is -3.15. The van der Waals surface area contributed by atoms with Crippen molar-refractivity contribution in [3.63, 3.8) is 0 Å². The lowest BCUT2D eigenvalue weighted by Crippen LogP contribution is -2.30. The Balaban J connectivity index is 4.41. The maximum Gasteiger partial charge on any atom is 0.306 e. The minimum Gasteiger partial charge on any atom is -0.462 e. The van der Waals surface area contributed by atoms with Gasteiger partial charge in [0.05, 0.1) is 0 Å². The topological polar surface area (TPSA) is 78.9 Å². The van der Waals surface area contributed by atoms with E-state index in [0.29, 0.717) is 19.3 Å². The Morgan fingerprint density at radius 3 is 1.21 bits per heavy atom. The Bertz CT molecular complexity index is 1190. The van der Waals surface area contributed by atoms with E-state index in [-0.39, 0.29) is 44.0 Å². The van der Waals surface area contributed by atoms with Gasteiger partial charge in [-0.3, -0.25) is 14.4 Å². The van der Waals surface area contributed by atoms with E-state index in [4.69, 9.17) is 14.2 Å². The summed E-state index contributed by atoms with van der Waals surface area (Å²) in [5.74, 6) is -1.01. The first kappa shape index (κ1) is 59.9. The number of carbonyl (C=O) groups excluding carboxylic acids is 3. The molecule has 1 atom stereocenters. The van der Waals surface area contributed by atoms with E-state index in [1.807, 2.05) is 42.5 Å². The van der Waals surface area contributed by atoms with Gasteiger partial charge in [0.15, 0.2) is 6.10 Å². The van der Waals surface area contributed by atoms with E-state index in [0.717, 1.165) is 57.8 Å². The number of hydrogen-bond donors (Lipinski definition) is 0. The average Bonchev–Trinajstić information content (AvgIpc) is 3.28. The first-order valence-corrected chi connectivity index (χ1v) is 26.5. The molecule has 0 aromatic carbocycles. The zero-order chi connectivity index (χ0) is 45.8. The van der Waals surface area contributed by atoms with Gasteiger partial charge in [-0.1, -0.05) is 248 Å². The van der Waals surface area contributed by atoms with Crippen molar-refractivity contribution < 1.29 is 28.6 Å². The van der Waals surface area contributed by atoms with Gasteiger partial charge in [-0.25, -0.2) is 0 Å². The van der Waals surface area contributed by atoms with E-state index >= 15 is 0 Å². The lowest BCUT2D eigenvalue weighted by atomic mass is 10.0. The summed E-state index contributed by atoms with van der Waals surface area (Å²) in [5, 5.41) is 0. The number of carbonyl (C=O) groups is 3. The van der Waals surface area contributed by atoms with Crippen LogP contribution < -0.4 is 0 Å². The monoisotopic (exact) mass is 879 g/mol. The molecule has 6 nitrogen and oxygen atoms in total. The highest BCUT2D eigenvalue weighted by Gasteiger charge is 2.19. The Labute approximate surface area is 389 Å². The Morgan fingerprint density at radius 1 is 0.349 bits per heavy atom. The van der Waals surface area contributed by atoms with Crippen LogP contribution >= 0.6 is 0 Å². The summed E-state index contributed by atoms with van der Waals surface area (Å²) in [6.45, 7) is 6.41. The number of esters is 3. The molecule has 0 rings (SSSR count). The van der Waals surface area contributed by atoms with Crippen LogP contribution in [0.3, 0.4) is 0 Å². The lowest BCUT2D eigenvalue weighted by molar-refractivity contribution is -0.166. The second-order valence-electron chi connectivity index (χ2n) is 17.5. The lowest BCUT2D eigenvalue weighted by Gasteiger charge is -2.18. The fraction of sp³-hybridized carbons (Fsp3) is 0.737. The largest absolute Gasteiger partial charge is 0.462 e. The second-order valence-corrected chi connectivity index (χ2v) is 17.5. The summed E-state index contributed by atoms with van der Waals surface area (Å²) in [4.78, 5) is 37.9. The maximum absolute atomic E-state index is 12.8. The molecule has 0 saturated carbocycles. The zero-order valence-corrected chi connectivity index (χ0v) is 41.3. The molecule has 0 aliphatic heterocycles. The van der Waals surface area contributed by atoms with Crippen molar-refractivity contribution in [2.75, 3.05) is 13.2 Å². The summed E-state index contributed by atoms with van der Waals surface area (Å²) in [7, 11) is 0. The SMILES string of the molecule is CC\C=C/C=C\C=C/C=C\CCCCCC(=O)OC(COC(=O)CC/C=C\C/C=C\CCCCCCCC)COC(=O)CCCCCCCCCCCCCCCCCCCCC. The van der Waals surface area contributed by atoms with Gasteiger partial charge in [-0.2, -0.15) is 0 Å². The number of rotatable bonds is 47. The van der Waals surface area contributed by atoms with Crippen LogP contribution in [0, 0.1) is 0 Å².